The molecule has 0 aliphatic carbocycles. The molecule has 0 fully saturated rings. The average molecular weight is 319 g/mol. The molecule has 6 nitrogen and oxygen atoms in total. The molecule has 2 rings (SSSR count). The van der Waals surface area contributed by atoms with E-state index in [1.807, 2.05) is 6.92 Å². The highest BCUT2D eigenvalue weighted by atomic mass is 16.3. The van der Waals surface area contributed by atoms with Crippen molar-refractivity contribution >= 4 is 17.5 Å². The fourth-order valence-corrected chi connectivity index (χ4v) is 2.78. The van der Waals surface area contributed by atoms with Crippen molar-refractivity contribution in [2.75, 3.05) is 11.4 Å². The predicted molar refractivity (Wildman–Crippen MR) is 89.3 cm³/mol. The lowest BCUT2D eigenvalue weighted by Gasteiger charge is -2.27. The molecule has 1 heterocycles. The van der Waals surface area contributed by atoms with E-state index in [9.17, 15) is 14.7 Å². The summed E-state index contributed by atoms with van der Waals surface area (Å²) >= 11 is 0. The van der Waals surface area contributed by atoms with Gasteiger partial charge in [0.15, 0.2) is 0 Å². The van der Waals surface area contributed by atoms with E-state index in [1.54, 1.807) is 12.1 Å². The van der Waals surface area contributed by atoms with Crippen molar-refractivity contribution in [1.82, 2.24) is 5.32 Å². The van der Waals surface area contributed by atoms with Crippen molar-refractivity contribution in [2.45, 2.75) is 51.6 Å². The van der Waals surface area contributed by atoms with Gasteiger partial charge in [-0.05, 0) is 36.6 Å². The molecule has 4 N–H and O–H groups in total. The van der Waals surface area contributed by atoms with Crippen LogP contribution in [0.5, 0.6) is 5.75 Å². The average Bonchev–Trinajstić information content (AvgIpc) is 2.91. The summed E-state index contributed by atoms with van der Waals surface area (Å²) in [5.41, 5.74) is 7.34. The van der Waals surface area contributed by atoms with E-state index < -0.39 is 12.1 Å². The number of benzene rings is 1. The molecule has 0 spiro atoms. The number of rotatable bonds is 6. The second kappa shape index (κ2) is 7.46. The molecule has 1 aromatic carbocycles. The van der Waals surface area contributed by atoms with Crippen molar-refractivity contribution in [3.05, 3.63) is 23.8 Å². The third kappa shape index (κ3) is 3.64. The van der Waals surface area contributed by atoms with E-state index >= 15 is 0 Å². The van der Waals surface area contributed by atoms with Crippen molar-refractivity contribution in [3.8, 4) is 5.75 Å². The SMILES string of the molecule is CCCCNC(=O)[C@@H]1Cc2cc(O)ccc2N1C(=O)[C@@H](N)CC. The van der Waals surface area contributed by atoms with Gasteiger partial charge in [-0.25, -0.2) is 0 Å². The molecule has 1 aromatic rings. The first kappa shape index (κ1) is 17.3. The largest absolute Gasteiger partial charge is 0.508 e. The molecule has 23 heavy (non-hydrogen) atoms. The highest BCUT2D eigenvalue weighted by molar-refractivity contribution is 6.05. The van der Waals surface area contributed by atoms with Crippen molar-refractivity contribution in [3.63, 3.8) is 0 Å². The Bertz CT molecular complexity index is 588. The number of anilines is 1. The maximum atomic E-state index is 12.6. The number of phenols is 1. The summed E-state index contributed by atoms with van der Waals surface area (Å²) in [6.45, 7) is 4.48. The van der Waals surface area contributed by atoms with Crippen LogP contribution in [-0.2, 0) is 16.0 Å². The smallest absolute Gasteiger partial charge is 0.244 e. The van der Waals surface area contributed by atoms with Crippen LogP contribution in [0.25, 0.3) is 0 Å². The van der Waals surface area contributed by atoms with E-state index in [2.05, 4.69) is 12.2 Å². The number of aromatic hydroxyl groups is 1. The fraction of sp³-hybridized carbons (Fsp3) is 0.529. The van der Waals surface area contributed by atoms with Crippen LogP contribution in [0.4, 0.5) is 5.69 Å². The Balaban J connectivity index is 2.27. The molecule has 0 aromatic heterocycles. The zero-order chi connectivity index (χ0) is 17.0. The van der Waals surface area contributed by atoms with Gasteiger partial charge in [0, 0.05) is 18.7 Å². The number of nitrogens with two attached hydrogens (primary N) is 1. The summed E-state index contributed by atoms with van der Waals surface area (Å²) < 4.78 is 0. The number of nitrogens with zero attached hydrogens (tertiary/aromatic N) is 1. The molecule has 1 aliphatic rings. The molecule has 0 radical (unpaired) electrons. The van der Waals surface area contributed by atoms with Crippen LogP contribution in [0.15, 0.2) is 18.2 Å². The minimum atomic E-state index is -0.638. The van der Waals surface area contributed by atoms with Gasteiger partial charge in [-0.3, -0.25) is 14.5 Å². The maximum Gasteiger partial charge on any atom is 0.244 e. The van der Waals surface area contributed by atoms with Gasteiger partial charge in [-0.1, -0.05) is 20.3 Å². The fourth-order valence-electron chi connectivity index (χ4n) is 2.78. The van der Waals surface area contributed by atoms with Crippen LogP contribution in [0.3, 0.4) is 0 Å². The Kier molecular flexibility index (Phi) is 5.60. The normalized spacial score (nSPS) is 17.7. The Morgan fingerprint density at radius 2 is 2.17 bits per heavy atom. The van der Waals surface area contributed by atoms with Crippen LogP contribution >= 0.6 is 0 Å². The highest BCUT2D eigenvalue weighted by Crippen LogP contribution is 2.35. The first-order chi connectivity index (χ1) is 11.0. The summed E-state index contributed by atoms with van der Waals surface area (Å²) in [5.74, 6) is -0.304. The van der Waals surface area contributed by atoms with E-state index in [4.69, 9.17) is 5.73 Å². The molecule has 0 bridgehead atoms. The molecule has 0 saturated carbocycles. The van der Waals surface area contributed by atoms with E-state index in [0.717, 1.165) is 18.4 Å². The minimum Gasteiger partial charge on any atom is -0.508 e. The predicted octanol–water partition coefficient (Wildman–Crippen LogP) is 1.30. The van der Waals surface area contributed by atoms with Crippen LogP contribution < -0.4 is 16.0 Å². The van der Waals surface area contributed by atoms with Gasteiger partial charge in [0.1, 0.15) is 11.8 Å². The number of hydrogen-bond donors (Lipinski definition) is 3. The van der Waals surface area contributed by atoms with Crippen LogP contribution in [-0.4, -0.2) is 35.5 Å². The molecule has 126 valence electrons. The molecule has 1 aliphatic heterocycles. The molecule has 2 atom stereocenters. The van der Waals surface area contributed by atoms with Crippen molar-refractivity contribution in [1.29, 1.82) is 0 Å². The second-order valence-electron chi connectivity index (χ2n) is 5.90. The minimum absolute atomic E-state index is 0.128. The van der Waals surface area contributed by atoms with Crippen LogP contribution in [0.1, 0.15) is 38.7 Å². The van der Waals surface area contributed by atoms with Crippen molar-refractivity contribution in [2.24, 2.45) is 5.73 Å². The van der Waals surface area contributed by atoms with Crippen molar-refractivity contribution < 1.29 is 14.7 Å². The van der Waals surface area contributed by atoms with Gasteiger partial charge in [-0.2, -0.15) is 0 Å². The number of carbonyl (C=O) groups excluding carboxylic acids is 2. The third-order valence-electron chi connectivity index (χ3n) is 4.17. The Labute approximate surface area is 136 Å². The lowest BCUT2D eigenvalue weighted by Crippen LogP contribution is -2.53. The topological polar surface area (TPSA) is 95.7 Å². The van der Waals surface area contributed by atoms with Gasteiger partial charge in [0.2, 0.25) is 11.8 Å². The first-order valence-corrected chi connectivity index (χ1v) is 8.17. The van der Waals surface area contributed by atoms with Crippen LogP contribution in [0, 0.1) is 0 Å². The monoisotopic (exact) mass is 319 g/mol. The number of carbonyl (C=O) groups is 2. The van der Waals surface area contributed by atoms with Crippen LogP contribution in [0.2, 0.25) is 0 Å². The first-order valence-electron chi connectivity index (χ1n) is 8.17. The molecule has 2 amide bonds. The summed E-state index contributed by atoms with van der Waals surface area (Å²) in [4.78, 5) is 26.6. The van der Waals surface area contributed by atoms with Gasteiger partial charge >= 0.3 is 0 Å². The van der Waals surface area contributed by atoms with E-state index in [1.165, 1.54) is 11.0 Å². The lowest BCUT2D eigenvalue weighted by atomic mass is 10.1. The highest BCUT2D eigenvalue weighted by Gasteiger charge is 2.39. The number of fused-ring (bicyclic) bond motifs is 1. The molecular formula is C17H25N3O3. The number of unbranched alkanes of at least 4 members (excludes halogenated alkanes) is 1. The molecule has 0 unspecified atom stereocenters. The number of nitrogens with one attached hydrogen (secondary N) is 1. The molecule has 0 saturated heterocycles. The quantitative estimate of drug-likeness (QED) is 0.689. The Morgan fingerprint density at radius 1 is 1.43 bits per heavy atom. The summed E-state index contributed by atoms with van der Waals surface area (Å²) in [7, 11) is 0. The molecule has 6 heteroatoms. The number of amides is 2. The zero-order valence-corrected chi connectivity index (χ0v) is 13.7. The summed E-state index contributed by atoms with van der Waals surface area (Å²) in [6.07, 6.45) is 2.79. The third-order valence-corrected chi connectivity index (χ3v) is 4.17. The second-order valence-corrected chi connectivity index (χ2v) is 5.90. The van der Waals surface area contributed by atoms with Gasteiger partial charge in [0.25, 0.3) is 0 Å². The van der Waals surface area contributed by atoms with Gasteiger partial charge < -0.3 is 16.2 Å². The number of hydrogen-bond acceptors (Lipinski definition) is 4. The lowest BCUT2D eigenvalue weighted by molar-refractivity contribution is -0.126. The summed E-state index contributed by atoms with van der Waals surface area (Å²) in [6, 6.07) is 3.56. The van der Waals surface area contributed by atoms with E-state index in [-0.39, 0.29) is 17.6 Å². The maximum absolute atomic E-state index is 12.6. The standard InChI is InChI=1S/C17H25N3O3/c1-3-5-8-19-16(22)15-10-11-9-12(21)6-7-14(11)20(15)17(23)13(18)4-2/h6-7,9,13,15,21H,3-5,8,10,18H2,1-2H3,(H,19,22)/t13-,15-/m0/s1. The molecular weight excluding hydrogens is 294 g/mol. The summed E-state index contributed by atoms with van der Waals surface area (Å²) in [5, 5.41) is 12.5. The van der Waals surface area contributed by atoms with E-state index in [0.29, 0.717) is 25.1 Å². The van der Waals surface area contributed by atoms with Gasteiger partial charge in [-0.15, -0.1) is 0 Å². The Morgan fingerprint density at radius 3 is 2.83 bits per heavy atom. The zero-order valence-electron chi connectivity index (χ0n) is 13.7. The van der Waals surface area contributed by atoms with Gasteiger partial charge in [0.05, 0.1) is 6.04 Å². The Hall–Kier alpha value is -2.08. The number of phenolic OH excluding ortho intramolecular Hbond substituents is 1.